The summed E-state index contributed by atoms with van der Waals surface area (Å²) in [6.07, 6.45) is 10.5. The van der Waals surface area contributed by atoms with Crippen LogP contribution in [0.3, 0.4) is 0 Å². The van der Waals surface area contributed by atoms with Crippen molar-refractivity contribution >= 4 is 17.5 Å². The fourth-order valence-electron chi connectivity index (χ4n) is 5.55. The summed E-state index contributed by atoms with van der Waals surface area (Å²) in [5, 5.41) is 0. The average molecular weight is 333 g/mol. The zero-order valence-electron chi connectivity index (χ0n) is 14.6. The Kier molecular flexibility index (Phi) is 3.28. The lowest BCUT2D eigenvalue weighted by molar-refractivity contribution is -0.122. The molecule has 2 bridgehead atoms. The molecule has 1 aromatic carbocycles. The third-order valence-electron chi connectivity index (χ3n) is 6.64. The van der Waals surface area contributed by atoms with Crippen molar-refractivity contribution in [3.63, 3.8) is 0 Å². The van der Waals surface area contributed by atoms with Crippen LogP contribution in [-0.2, 0) is 9.59 Å². The first-order valence-corrected chi connectivity index (χ1v) is 9.52. The summed E-state index contributed by atoms with van der Waals surface area (Å²) in [5.41, 5.74) is 4.72. The zero-order chi connectivity index (χ0) is 17.1. The van der Waals surface area contributed by atoms with Crippen LogP contribution < -0.4 is 4.90 Å². The van der Waals surface area contributed by atoms with Gasteiger partial charge in [0.25, 0.3) is 0 Å². The van der Waals surface area contributed by atoms with Crippen LogP contribution in [0.2, 0.25) is 0 Å². The largest absolute Gasteiger partial charge is 0.274 e. The van der Waals surface area contributed by atoms with Crippen LogP contribution in [0, 0.1) is 30.6 Å². The van der Waals surface area contributed by atoms with E-state index in [0.717, 1.165) is 24.1 Å². The molecule has 1 heterocycles. The molecule has 1 aliphatic heterocycles. The van der Waals surface area contributed by atoms with Gasteiger partial charge in [0, 0.05) is 11.8 Å². The minimum Gasteiger partial charge on any atom is -0.274 e. The molecule has 0 unspecified atom stereocenters. The SMILES string of the molecule is Cc1ccccc1N1C(=O)[C@@H]2[C@@H](C1=O)[C@H]1C=C[C@H]2C1=C1CCCCC1. The molecule has 0 aromatic heterocycles. The van der Waals surface area contributed by atoms with Crippen molar-refractivity contribution in [2.24, 2.45) is 23.7 Å². The predicted octanol–water partition coefficient (Wildman–Crippen LogP) is 4.18. The number of amides is 2. The first-order chi connectivity index (χ1) is 12.2. The van der Waals surface area contributed by atoms with E-state index < -0.39 is 0 Å². The number of allylic oxidation sites excluding steroid dienone is 4. The number of hydrogen-bond donors (Lipinski definition) is 0. The number of anilines is 1. The van der Waals surface area contributed by atoms with Crippen LogP contribution in [0.5, 0.6) is 0 Å². The number of nitrogens with zero attached hydrogens (tertiary/aromatic N) is 1. The highest BCUT2D eigenvalue weighted by atomic mass is 16.2. The lowest BCUT2D eigenvalue weighted by atomic mass is 9.85. The van der Waals surface area contributed by atoms with E-state index in [1.54, 1.807) is 5.57 Å². The lowest BCUT2D eigenvalue weighted by Crippen LogP contribution is -2.33. The van der Waals surface area contributed by atoms with Gasteiger partial charge in [0.1, 0.15) is 0 Å². The third kappa shape index (κ3) is 1.98. The summed E-state index contributed by atoms with van der Waals surface area (Å²) < 4.78 is 0. The van der Waals surface area contributed by atoms with Crippen molar-refractivity contribution in [3.05, 3.63) is 53.1 Å². The van der Waals surface area contributed by atoms with E-state index in [9.17, 15) is 9.59 Å². The molecule has 3 aliphatic carbocycles. The van der Waals surface area contributed by atoms with E-state index in [0.29, 0.717) is 0 Å². The fourth-order valence-corrected chi connectivity index (χ4v) is 5.55. The first-order valence-electron chi connectivity index (χ1n) is 9.52. The fraction of sp³-hybridized carbons (Fsp3) is 0.455. The van der Waals surface area contributed by atoms with Gasteiger partial charge in [-0.15, -0.1) is 0 Å². The van der Waals surface area contributed by atoms with Gasteiger partial charge in [0.05, 0.1) is 17.5 Å². The van der Waals surface area contributed by atoms with E-state index in [1.807, 2.05) is 31.2 Å². The number of carbonyl (C=O) groups excluding carboxylic acids is 2. The van der Waals surface area contributed by atoms with Crippen LogP contribution >= 0.6 is 0 Å². The number of fused-ring (bicyclic) bond motifs is 5. The quantitative estimate of drug-likeness (QED) is 0.571. The maximum atomic E-state index is 13.2. The number of benzene rings is 1. The second-order valence-electron chi connectivity index (χ2n) is 7.91. The topological polar surface area (TPSA) is 37.4 Å². The molecule has 4 atom stereocenters. The Morgan fingerprint density at radius 2 is 1.48 bits per heavy atom. The van der Waals surface area contributed by atoms with Crippen LogP contribution in [0.15, 0.2) is 47.6 Å². The highest BCUT2D eigenvalue weighted by molar-refractivity contribution is 6.23. The van der Waals surface area contributed by atoms with E-state index in [2.05, 4.69) is 12.2 Å². The Labute approximate surface area is 148 Å². The van der Waals surface area contributed by atoms with Crippen molar-refractivity contribution in [1.82, 2.24) is 0 Å². The number of para-hydroxylation sites is 1. The zero-order valence-corrected chi connectivity index (χ0v) is 14.6. The number of carbonyl (C=O) groups is 2. The van der Waals surface area contributed by atoms with E-state index in [1.165, 1.54) is 29.7 Å². The number of rotatable bonds is 1. The summed E-state index contributed by atoms with van der Waals surface area (Å²) in [6.45, 7) is 1.96. The smallest absolute Gasteiger partial charge is 0.238 e. The average Bonchev–Trinajstić information content (AvgIpc) is 3.27. The van der Waals surface area contributed by atoms with Crippen molar-refractivity contribution in [2.45, 2.75) is 39.0 Å². The first kappa shape index (κ1) is 15.1. The molecule has 3 heteroatoms. The van der Waals surface area contributed by atoms with Gasteiger partial charge in [0.2, 0.25) is 11.8 Å². The van der Waals surface area contributed by atoms with Crippen molar-refractivity contribution in [1.29, 1.82) is 0 Å². The highest BCUT2D eigenvalue weighted by Gasteiger charge is 2.62. The molecule has 3 fully saturated rings. The van der Waals surface area contributed by atoms with Gasteiger partial charge < -0.3 is 0 Å². The second kappa shape index (κ2) is 5.42. The molecule has 1 saturated heterocycles. The molecule has 2 amide bonds. The van der Waals surface area contributed by atoms with Crippen LogP contribution in [0.1, 0.15) is 37.7 Å². The molecule has 0 radical (unpaired) electrons. The molecule has 2 saturated carbocycles. The van der Waals surface area contributed by atoms with Crippen LogP contribution in [-0.4, -0.2) is 11.8 Å². The Hall–Kier alpha value is -2.16. The molecular formula is C22H23NO2. The van der Waals surface area contributed by atoms with Gasteiger partial charge >= 0.3 is 0 Å². The monoisotopic (exact) mass is 333 g/mol. The van der Waals surface area contributed by atoms with Gasteiger partial charge in [0.15, 0.2) is 0 Å². The number of hydrogen-bond acceptors (Lipinski definition) is 2. The summed E-state index contributed by atoms with van der Waals surface area (Å²) in [5.74, 6) is -0.00896. The third-order valence-corrected chi connectivity index (χ3v) is 6.64. The van der Waals surface area contributed by atoms with Gasteiger partial charge in [-0.25, -0.2) is 4.90 Å². The van der Waals surface area contributed by atoms with E-state index in [4.69, 9.17) is 0 Å². The Balaban J connectivity index is 1.55. The summed E-state index contributed by atoms with van der Waals surface area (Å²) in [6, 6.07) is 7.70. The van der Waals surface area contributed by atoms with E-state index in [-0.39, 0.29) is 35.5 Å². The molecule has 0 N–H and O–H groups in total. The Morgan fingerprint density at radius 1 is 0.880 bits per heavy atom. The standard InChI is InChI=1S/C22H23NO2/c1-13-7-5-6-10-17(13)23-21(24)19-15-11-12-16(20(19)22(23)25)18(15)14-8-3-2-4-9-14/h5-7,10-12,15-16,19-20H,2-4,8-9H2,1H3/t15-,16-,19-,20-/m0/s1. The van der Waals surface area contributed by atoms with E-state index >= 15 is 0 Å². The van der Waals surface area contributed by atoms with Gasteiger partial charge in [-0.1, -0.05) is 47.9 Å². The second-order valence-corrected chi connectivity index (χ2v) is 7.91. The predicted molar refractivity (Wildman–Crippen MR) is 96.9 cm³/mol. The van der Waals surface area contributed by atoms with Crippen molar-refractivity contribution in [3.8, 4) is 0 Å². The molecule has 3 nitrogen and oxygen atoms in total. The number of imide groups is 1. The van der Waals surface area contributed by atoms with Crippen LogP contribution in [0.4, 0.5) is 5.69 Å². The van der Waals surface area contributed by atoms with Crippen molar-refractivity contribution in [2.75, 3.05) is 4.90 Å². The Morgan fingerprint density at radius 3 is 2.08 bits per heavy atom. The molecule has 5 rings (SSSR count). The van der Waals surface area contributed by atoms with Gasteiger partial charge in [-0.05, 0) is 44.2 Å². The maximum absolute atomic E-state index is 13.2. The Bertz CT molecular complexity index is 792. The molecule has 1 aromatic rings. The normalized spacial score (nSPS) is 33.6. The summed E-state index contributed by atoms with van der Waals surface area (Å²) in [7, 11) is 0. The minimum atomic E-state index is -0.175. The van der Waals surface area contributed by atoms with Gasteiger partial charge in [-0.2, -0.15) is 0 Å². The number of aryl methyl sites for hydroxylation is 1. The van der Waals surface area contributed by atoms with Crippen molar-refractivity contribution < 1.29 is 9.59 Å². The maximum Gasteiger partial charge on any atom is 0.238 e. The molecule has 4 aliphatic rings. The lowest BCUT2D eigenvalue weighted by Gasteiger charge is -2.23. The highest BCUT2D eigenvalue weighted by Crippen LogP contribution is 2.58. The molecule has 0 spiro atoms. The van der Waals surface area contributed by atoms with Crippen LogP contribution in [0.25, 0.3) is 0 Å². The molecular weight excluding hydrogens is 310 g/mol. The molecule has 128 valence electrons. The summed E-state index contributed by atoms with van der Waals surface area (Å²) >= 11 is 0. The molecule has 25 heavy (non-hydrogen) atoms. The summed E-state index contributed by atoms with van der Waals surface area (Å²) in [4.78, 5) is 27.9. The van der Waals surface area contributed by atoms with Gasteiger partial charge in [-0.3, -0.25) is 9.59 Å². The minimum absolute atomic E-state index is 0.00931.